The summed E-state index contributed by atoms with van der Waals surface area (Å²) < 4.78 is 0. The van der Waals surface area contributed by atoms with Gasteiger partial charge in [0.1, 0.15) is 12.7 Å². The topological polar surface area (TPSA) is 64.5 Å². The van der Waals surface area contributed by atoms with Gasteiger partial charge in [-0.2, -0.15) is 0 Å². The van der Waals surface area contributed by atoms with Gasteiger partial charge in [-0.05, 0) is 6.07 Å². The Morgan fingerprint density at radius 2 is 1.33 bits per heavy atom. The summed E-state index contributed by atoms with van der Waals surface area (Å²) in [6, 6.07) is 1.74. The van der Waals surface area contributed by atoms with Gasteiger partial charge in [-0.1, -0.05) is 0 Å². The highest BCUT2D eigenvalue weighted by molar-refractivity contribution is 5.39. The van der Waals surface area contributed by atoms with E-state index in [1.165, 1.54) is 12.7 Å². The Kier molecular flexibility index (Phi) is 1.69. The van der Waals surface area contributed by atoms with Crippen LogP contribution in [0.4, 0.5) is 0 Å². The second-order valence-electron chi connectivity index (χ2n) is 2.03. The van der Waals surface area contributed by atoms with Crippen LogP contribution in [-0.2, 0) is 0 Å². The van der Waals surface area contributed by atoms with E-state index in [4.69, 9.17) is 0 Å². The lowest BCUT2D eigenvalue weighted by Crippen LogP contribution is -1.93. The van der Waals surface area contributed by atoms with Crippen molar-refractivity contribution >= 4 is 0 Å². The quantitative estimate of drug-likeness (QED) is 0.599. The Balaban J connectivity index is 2.46. The maximum Gasteiger partial charge on any atom is 0.200 e. The van der Waals surface area contributed by atoms with Crippen molar-refractivity contribution in [3.63, 3.8) is 0 Å². The van der Waals surface area contributed by atoms with Crippen LogP contribution in [0.2, 0.25) is 0 Å². The third-order valence-corrected chi connectivity index (χ3v) is 1.26. The molecule has 2 aromatic heterocycles. The maximum absolute atomic E-state index is 3.99. The van der Waals surface area contributed by atoms with E-state index in [1.54, 1.807) is 18.5 Å². The Hall–Kier alpha value is -1.91. The highest BCUT2D eigenvalue weighted by atomic mass is 15.0. The Bertz CT molecular complexity index is 309. The van der Waals surface area contributed by atoms with E-state index < -0.39 is 0 Å². The van der Waals surface area contributed by atoms with E-state index in [9.17, 15) is 0 Å². The predicted octanol–water partition coefficient (Wildman–Crippen LogP) is 0.329. The molecule has 0 aromatic carbocycles. The minimum absolute atomic E-state index is 0.491. The van der Waals surface area contributed by atoms with E-state index in [2.05, 4.69) is 24.9 Å². The fraction of sp³-hybridized carbons (Fsp3) is 0. The summed E-state index contributed by atoms with van der Waals surface area (Å²) in [6.45, 7) is 0. The van der Waals surface area contributed by atoms with E-state index in [0.29, 0.717) is 11.6 Å². The van der Waals surface area contributed by atoms with Crippen molar-refractivity contribution in [1.82, 2.24) is 24.9 Å². The lowest BCUT2D eigenvalue weighted by atomic mass is 10.5. The molecule has 0 saturated carbocycles. The zero-order valence-corrected chi connectivity index (χ0v) is 6.12. The smallest absolute Gasteiger partial charge is 0.200 e. The van der Waals surface area contributed by atoms with E-state index in [-0.39, 0.29) is 0 Å². The van der Waals surface area contributed by atoms with Gasteiger partial charge in [0.2, 0.25) is 5.82 Å². The number of nitrogens with zero attached hydrogens (tertiary/aromatic N) is 5. The fourth-order valence-electron chi connectivity index (χ4n) is 0.769. The van der Waals surface area contributed by atoms with Crippen LogP contribution in [0.25, 0.3) is 11.6 Å². The molecule has 5 nitrogen and oxygen atoms in total. The van der Waals surface area contributed by atoms with Crippen molar-refractivity contribution in [2.24, 2.45) is 0 Å². The summed E-state index contributed by atoms with van der Waals surface area (Å²) in [7, 11) is 0. The molecule has 2 aromatic rings. The molecule has 0 saturated heterocycles. The molecular formula is C7H5N5. The van der Waals surface area contributed by atoms with Crippen molar-refractivity contribution in [2.75, 3.05) is 0 Å². The first-order chi connectivity index (χ1) is 5.97. The minimum atomic E-state index is 0.491. The molecule has 0 unspecified atom stereocenters. The number of hydrogen-bond acceptors (Lipinski definition) is 5. The van der Waals surface area contributed by atoms with Gasteiger partial charge in [-0.25, -0.2) is 24.9 Å². The zero-order valence-electron chi connectivity index (χ0n) is 6.12. The van der Waals surface area contributed by atoms with Crippen molar-refractivity contribution in [2.45, 2.75) is 0 Å². The van der Waals surface area contributed by atoms with Crippen molar-refractivity contribution in [3.8, 4) is 11.6 Å². The Morgan fingerprint density at radius 1 is 0.750 bits per heavy atom. The molecule has 2 heterocycles. The molecule has 2 rings (SSSR count). The van der Waals surface area contributed by atoms with Crippen LogP contribution in [-0.4, -0.2) is 24.9 Å². The molecule has 58 valence electrons. The van der Waals surface area contributed by atoms with E-state index in [1.807, 2.05) is 0 Å². The molecule has 0 bridgehead atoms. The Morgan fingerprint density at radius 3 is 2.00 bits per heavy atom. The first kappa shape index (κ1) is 6.78. The monoisotopic (exact) mass is 159 g/mol. The van der Waals surface area contributed by atoms with Crippen LogP contribution in [0.3, 0.4) is 0 Å². The molecule has 5 heteroatoms. The summed E-state index contributed by atoms with van der Waals surface area (Å²) in [6.07, 6.45) is 6.12. The Labute approximate surface area is 68.6 Å². The molecule has 0 aliphatic rings. The zero-order chi connectivity index (χ0) is 8.23. The third kappa shape index (κ3) is 1.24. The summed E-state index contributed by atoms with van der Waals surface area (Å²) >= 11 is 0. The maximum atomic E-state index is 3.99. The second kappa shape index (κ2) is 3.00. The molecule has 0 spiro atoms. The van der Waals surface area contributed by atoms with Gasteiger partial charge >= 0.3 is 0 Å². The largest absolute Gasteiger partial charge is 0.234 e. The SMILES string of the molecule is c1cnc(-c2ncncn2)nc1. The van der Waals surface area contributed by atoms with Gasteiger partial charge < -0.3 is 0 Å². The second-order valence-corrected chi connectivity index (χ2v) is 2.03. The normalized spacial score (nSPS) is 9.67. The minimum Gasteiger partial charge on any atom is -0.234 e. The molecule has 12 heavy (non-hydrogen) atoms. The number of hydrogen-bond donors (Lipinski definition) is 0. The van der Waals surface area contributed by atoms with Crippen molar-refractivity contribution in [3.05, 3.63) is 31.1 Å². The molecule has 0 N–H and O–H groups in total. The van der Waals surface area contributed by atoms with Gasteiger partial charge in [0.05, 0.1) is 0 Å². The number of rotatable bonds is 1. The van der Waals surface area contributed by atoms with Crippen LogP contribution in [0.1, 0.15) is 0 Å². The lowest BCUT2D eigenvalue weighted by molar-refractivity contribution is 1.01. The highest BCUT2D eigenvalue weighted by Gasteiger charge is 1.99. The molecule has 0 atom stereocenters. The van der Waals surface area contributed by atoms with Crippen LogP contribution < -0.4 is 0 Å². The van der Waals surface area contributed by atoms with Crippen LogP contribution in [0.15, 0.2) is 31.1 Å². The summed E-state index contributed by atoms with van der Waals surface area (Å²) in [5.74, 6) is 1.01. The molecule has 0 fully saturated rings. The molecular weight excluding hydrogens is 154 g/mol. The summed E-state index contributed by atoms with van der Waals surface area (Å²) in [5.41, 5.74) is 0. The van der Waals surface area contributed by atoms with Gasteiger partial charge in [-0.15, -0.1) is 0 Å². The first-order valence-electron chi connectivity index (χ1n) is 3.36. The van der Waals surface area contributed by atoms with Crippen LogP contribution >= 0.6 is 0 Å². The fourth-order valence-corrected chi connectivity index (χ4v) is 0.769. The van der Waals surface area contributed by atoms with Gasteiger partial charge in [0, 0.05) is 12.4 Å². The third-order valence-electron chi connectivity index (χ3n) is 1.26. The van der Waals surface area contributed by atoms with Crippen molar-refractivity contribution < 1.29 is 0 Å². The lowest BCUT2D eigenvalue weighted by Gasteiger charge is -1.93. The summed E-state index contributed by atoms with van der Waals surface area (Å²) in [5, 5.41) is 0. The average molecular weight is 159 g/mol. The van der Waals surface area contributed by atoms with E-state index in [0.717, 1.165) is 0 Å². The molecule has 0 aliphatic carbocycles. The summed E-state index contributed by atoms with van der Waals surface area (Å²) in [4.78, 5) is 19.5. The number of aromatic nitrogens is 5. The average Bonchev–Trinajstić information content (AvgIpc) is 2.21. The molecule has 0 radical (unpaired) electrons. The standard InChI is InChI=1S/C7H5N5/c1-2-9-6(10-3-1)7-11-4-8-5-12-7/h1-5H. The highest BCUT2D eigenvalue weighted by Crippen LogP contribution is 2.02. The van der Waals surface area contributed by atoms with Gasteiger partial charge in [0.25, 0.3) is 0 Å². The van der Waals surface area contributed by atoms with Gasteiger partial charge in [0.15, 0.2) is 5.82 Å². The van der Waals surface area contributed by atoms with E-state index >= 15 is 0 Å². The molecule has 0 aliphatic heterocycles. The predicted molar refractivity (Wildman–Crippen MR) is 40.9 cm³/mol. The van der Waals surface area contributed by atoms with Crippen LogP contribution in [0.5, 0.6) is 0 Å². The van der Waals surface area contributed by atoms with Gasteiger partial charge in [-0.3, -0.25) is 0 Å². The molecule has 0 amide bonds. The van der Waals surface area contributed by atoms with Crippen molar-refractivity contribution in [1.29, 1.82) is 0 Å². The van der Waals surface area contributed by atoms with Crippen LogP contribution in [0, 0.1) is 0 Å². The first-order valence-corrected chi connectivity index (χ1v) is 3.36.